The number of carbonyl (C=O) groups excluding carboxylic acids is 1. The van der Waals surface area contributed by atoms with E-state index in [-0.39, 0.29) is 5.91 Å². The van der Waals surface area contributed by atoms with Crippen LogP contribution in [-0.2, 0) is 17.8 Å². The largest absolute Gasteiger partial charge is 0.497 e. The number of hydrogen-bond acceptors (Lipinski definition) is 4. The zero-order valence-corrected chi connectivity index (χ0v) is 12.8. The van der Waals surface area contributed by atoms with E-state index < -0.39 is 0 Å². The summed E-state index contributed by atoms with van der Waals surface area (Å²) in [6.07, 6.45) is 0.307. The standard InChI is InChI=1S/C16H20N2O3/c1-11-15(12(2)21-17-11)9-16(19)18(3)10-13-6-5-7-14(8-13)20-4/h5-8H,9-10H2,1-4H3. The van der Waals surface area contributed by atoms with Crippen LogP contribution in [0.1, 0.15) is 22.6 Å². The first-order valence-electron chi connectivity index (χ1n) is 6.80. The SMILES string of the molecule is COc1cccc(CN(C)C(=O)Cc2c(C)noc2C)c1. The molecule has 1 amide bonds. The Balaban J connectivity index is 2.02. The van der Waals surface area contributed by atoms with Crippen molar-refractivity contribution in [3.05, 3.63) is 46.8 Å². The predicted molar refractivity (Wildman–Crippen MR) is 79.1 cm³/mol. The van der Waals surface area contributed by atoms with Gasteiger partial charge in [-0.1, -0.05) is 17.3 Å². The second-order valence-electron chi connectivity index (χ2n) is 5.08. The average Bonchev–Trinajstić information content (AvgIpc) is 2.79. The van der Waals surface area contributed by atoms with Gasteiger partial charge in [-0.2, -0.15) is 0 Å². The fraction of sp³-hybridized carbons (Fsp3) is 0.375. The first-order chi connectivity index (χ1) is 10.0. The van der Waals surface area contributed by atoms with Crippen LogP contribution in [0.15, 0.2) is 28.8 Å². The van der Waals surface area contributed by atoms with Gasteiger partial charge < -0.3 is 14.2 Å². The molecule has 5 heteroatoms. The van der Waals surface area contributed by atoms with Crippen molar-refractivity contribution in [2.75, 3.05) is 14.2 Å². The fourth-order valence-electron chi connectivity index (χ4n) is 2.17. The molecule has 21 heavy (non-hydrogen) atoms. The highest BCUT2D eigenvalue weighted by molar-refractivity contribution is 5.79. The molecule has 0 aliphatic rings. The molecule has 2 rings (SSSR count). The van der Waals surface area contributed by atoms with Gasteiger partial charge in [0.25, 0.3) is 0 Å². The lowest BCUT2D eigenvalue weighted by Crippen LogP contribution is -2.28. The molecule has 0 aliphatic carbocycles. The lowest BCUT2D eigenvalue weighted by molar-refractivity contribution is -0.129. The molecule has 0 unspecified atom stereocenters. The summed E-state index contributed by atoms with van der Waals surface area (Å²) in [4.78, 5) is 14.0. The summed E-state index contributed by atoms with van der Waals surface area (Å²) in [6, 6.07) is 7.71. The van der Waals surface area contributed by atoms with Gasteiger partial charge in [0.1, 0.15) is 11.5 Å². The van der Waals surface area contributed by atoms with Crippen LogP contribution >= 0.6 is 0 Å². The van der Waals surface area contributed by atoms with Crippen molar-refractivity contribution in [2.45, 2.75) is 26.8 Å². The van der Waals surface area contributed by atoms with Gasteiger partial charge in [-0.3, -0.25) is 4.79 Å². The van der Waals surface area contributed by atoms with Gasteiger partial charge in [-0.05, 0) is 31.5 Å². The Morgan fingerprint density at radius 1 is 1.38 bits per heavy atom. The molecule has 0 fully saturated rings. The maximum atomic E-state index is 12.3. The highest BCUT2D eigenvalue weighted by Gasteiger charge is 2.16. The lowest BCUT2D eigenvalue weighted by atomic mass is 10.1. The Bertz CT molecular complexity index is 615. The van der Waals surface area contributed by atoms with Crippen LogP contribution in [0.25, 0.3) is 0 Å². The zero-order valence-electron chi connectivity index (χ0n) is 12.8. The number of benzene rings is 1. The molecule has 1 aromatic heterocycles. The van der Waals surface area contributed by atoms with E-state index in [0.717, 1.165) is 22.6 Å². The Kier molecular flexibility index (Phi) is 4.62. The number of likely N-dealkylation sites (N-methyl/N-ethyl adjacent to an activating group) is 1. The Morgan fingerprint density at radius 2 is 2.14 bits per heavy atom. The smallest absolute Gasteiger partial charge is 0.227 e. The van der Waals surface area contributed by atoms with Crippen LogP contribution in [-0.4, -0.2) is 30.1 Å². The number of ether oxygens (including phenoxy) is 1. The molecule has 0 radical (unpaired) electrons. The third kappa shape index (κ3) is 3.62. The fourth-order valence-corrected chi connectivity index (χ4v) is 2.17. The van der Waals surface area contributed by atoms with Crippen molar-refractivity contribution in [1.82, 2.24) is 10.1 Å². The molecule has 0 aliphatic heterocycles. The van der Waals surface area contributed by atoms with Gasteiger partial charge in [0.05, 0.1) is 19.2 Å². The monoisotopic (exact) mass is 288 g/mol. The highest BCUT2D eigenvalue weighted by Crippen LogP contribution is 2.16. The van der Waals surface area contributed by atoms with Crippen molar-refractivity contribution in [2.24, 2.45) is 0 Å². The van der Waals surface area contributed by atoms with Gasteiger partial charge in [0.2, 0.25) is 5.91 Å². The molecule has 5 nitrogen and oxygen atoms in total. The van der Waals surface area contributed by atoms with E-state index in [1.807, 2.05) is 38.1 Å². The zero-order chi connectivity index (χ0) is 15.4. The van der Waals surface area contributed by atoms with E-state index in [1.54, 1.807) is 19.1 Å². The van der Waals surface area contributed by atoms with E-state index in [2.05, 4.69) is 5.16 Å². The minimum atomic E-state index is 0.0345. The molecule has 1 aromatic carbocycles. The van der Waals surface area contributed by atoms with E-state index >= 15 is 0 Å². The molecule has 0 bridgehead atoms. The topological polar surface area (TPSA) is 55.6 Å². The third-order valence-electron chi connectivity index (χ3n) is 3.49. The summed E-state index contributed by atoms with van der Waals surface area (Å²) >= 11 is 0. The quantitative estimate of drug-likeness (QED) is 0.848. The number of aromatic nitrogens is 1. The average molecular weight is 288 g/mol. The Hall–Kier alpha value is -2.30. The Labute approximate surface area is 124 Å². The van der Waals surface area contributed by atoms with Gasteiger partial charge >= 0.3 is 0 Å². The highest BCUT2D eigenvalue weighted by atomic mass is 16.5. The van der Waals surface area contributed by atoms with Gasteiger partial charge in [0.15, 0.2) is 0 Å². The van der Waals surface area contributed by atoms with Crippen molar-refractivity contribution in [1.29, 1.82) is 0 Å². The van der Waals surface area contributed by atoms with Gasteiger partial charge in [0, 0.05) is 19.2 Å². The summed E-state index contributed by atoms with van der Waals surface area (Å²) in [6.45, 7) is 4.21. The third-order valence-corrected chi connectivity index (χ3v) is 3.49. The summed E-state index contributed by atoms with van der Waals surface area (Å²) < 4.78 is 10.3. The number of nitrogens with zero attached hydrogens (tertiary/aromatic N) is 2. The second kappa shape index (κ2) is 6.43. The van der Waals surface area contributed by atoms with E-state index in [1.165, 1.54) is 0 Å². The second-order valence-corrected chi connectivity index (χ2v) is 5.08. The van der Waals surface area contributed by atoms with E-state index in [0.29, 0.717) is 18.7 Å². The van der Waals surface area contributed by atoms with Gasteiger partial charge in [-0.25, -0.2) is 0 Å². The first-order valence-corrected chi connectivity index (χ1v) is 6.80. The minimum Gasteiger partial charge on any atom is -0.497 e. The maximum Gasteiger partial charge on any atom is 0.227 e. The maximum absolute atomic E-state index is 12.3. The van der Waals surface area contributed by atoms with Gasteiger partial charge in [-0.15, -0.1) is 0 Å². The molecule has 0 saturated heterocycles. The van der Waals surface area contributed by atoms with Crippen molar-refractivity contribution >= 4 is 5.91 Å². The number of carbonyl (C=O) groups is 1. The molecular formula is C16H20N2O3. The van der Waals surface area contributed by atoms with Crippen LogP contribution in [0.4, 0.5) is 0 Å². The van der Waals surface area contributed by atoms with Crippen LogP contribution in [0.2, 0.25) is 0 Å². The summed E-state index contributed by atoms with van der Waals surface area (Å²) in [7, 11) is 3.42. The van der Waals surface area contributed by atoms with Crippen LogP contribution in [0.3, 0.4) is 0 Å². The normalized spacial score (nSPS) is 10.5. The Morgan fingerprint density at radius 3 is 2.76 bits per heavy atom. The molecule has 0 spiro atoms. The molecular weight excluding hydrogens is 268 g/mol. The summed E-state index contributed by atoms with van der Waals surface area (Å²) in [5, 5.41) is 3.87. The molecule has 0 N–H and O–H groups in total. The predicted octanol–water partition coefficient (Wildman–Crippen LogP) is 2.50. The summed E-state index contributed by atoms with van der Waals surface area (Å²) in [5.41, 5.74) is 2.68. The molecule has 2 aromatic rings. The van der Waals surface area contributed by atoms with Crippen molar-refractivity contribution in [3.63, 3.8) is 0 Å². The van der Waals surface area contributed by atoms with Crippen LogP contribution in [0.5, 0.6) is 5.75 Å². The number of aryl methyl sites for hydroxylation is 2. The summed E-state index contributed by atoms with van der Waals surface area (Å²) in [5.74, 6) is 1.53. The number of methoxy groups -OCH3 is 1. The number of hydrogen-bond donors (Lipinski definition) is 0. The van der Waals surface area contributed by atoms with E-state index in [9.17, 15) is 4.79 Å². The van der Waals surface area contributed by atoms with Crippen molar-refractivity contribution < 1.29 is 14.1 Å². The number of rotatable bonds is 5. The first kappa shape index (κ1) is 15.1. The molecule has 0 atom stereocenters. The number of amides is 1. The molecule has 1 heterocycles. The van der Waals surface area contributed by atoms with Crippen LogP contribution in [0, 0.1) is 13.8 Å². The minimum absolute atomic E-state index is 0.0345. The van der Waals surface area contributed by atoms with E-state index in [4.69, 9.17) is 9.26 Å². The van der Waals surface area contributed by atoms with Crippen LogP contribution < -0.4 is 4.74 Å². The molecule has 0 saturated carbocycles. The van der Waals surface area contributed by atoms with Crippen molar-refractivity contribution in [3.8, 4) is 5.75 Å². The molecule has 112 valence electrons. The lowest BCUT2D eigenvalue weighted by Gasteiger charge is -2.17.